The Kier molecular flexibility index (Phi) is 8.56. The average molecular weight is 369 g/mol. The summed E-state index contributed by atoms with van der Waals surface area (Å²) in [6.07, 6.45) is 3.64. The molecule has 1 rings (SSSR count). The van der Waals surface area contributed by atoms with E-state index in [1.165, 1.54) is 19.4 Å². The van der Waals surface area contributed by atoms with Crippen LogP contribution in [0.5, 0.6) is 0 Å². The van der Waals surface area contributed by atoms with Crippen LogP contribution in [0.3, 0.4) is 0 Å². The third kappa shape index (κ3) is 7.43. The summed E-state index contributed by atoms with van der Waals surface area (Å²) in [7, 11) is 1.32. The second-order valence-corrected chi connectivity index (χ2v) is 7.44. The van der Waals surface area contributed by atoms with E-state index in [1.807, 2.05) is 44.2 Å². The molecule has 0 aliphatic heterocycles. The Balaban J connectivity index is 2.42. The van der Waals surface area contributed by atoms with E-state index >= 15 is 0 Å². The molecule has 1 unspecified atom stereocenters. The van der Waals surface area contributed by atoms with Crippen molar-refractivity contribution in [3.63, 3.8) is 0 Å². The number of methoxy groups -OCH3 is 1. The quantitative estimate of drug-likeness (QED) is 0.289. The number of carbonyl (C=O) groups excluding carboxylic acids is 2. The Bertz CT molecular complexity index is 497. The van der Waals surface area contributed by atoms with Gasteiger partial charge >= 0.3 is 138 Å². The van der Waals surface area contributed by atoms with Gasteiger partial charge in [-0.1, -0.05) is 0 Å². The Hall–Kier alpha value is -1.58. The van der Waals surface area contributed by atoms with E-state index in [0.717, 1.165) is 4.46 Å². The number of esters is 1. The molecule has 1 aromatic rings. The fourth-order valence-corrected chi connectivity index (χ4v) is 3.38. The fourth-order valence-electron chi connectivity index (χ4n) is 1.75. The van der Waals surface area contributed by atoms with Crippen molar-refractivity contribution in [2.45, 2.75) is 32.8 Å². The van der Waals surface area contributed by atoms with Crippen molar-refractivity contribution >= 4 is 30.1 Å². The zero-order valence-corrected chi connectivity index (χ0v) is 14.9. The van der Waals surface area contributed by atoms with Gasteiger partial charge in [0.1, 0.15) is 0 Å². The van der Waals surface area contributed by atoms with Gasteiger partial charge in [0.05, 0.1) is 0 Å². The maximum absolute atomic E-state index is 12.0. The van der Waals surface area contributed by atoms with Crippen LogP contribution in [-0.2, 0) is 19.1 Å². The second kappa shape index (κ2) is 10.2. The van der Waals surface area contributed by atoms with Gasteiger partial charge in [0.15, 0.2) is 0 Å². The number of ether oxygens (including phenoxy) is 2. The van der Waals surface area contributed by atoms with Gasteiger partial charge < -0.3 is 0 Å². The van der Waals surface area contributed by atoms with Gasteiger partial charge in [0, 0.05) is 0 Å². The van der Waals surface area contributed by atoms with Crippen LogP contribution < -0.4 is 4.46 Å². The van der Waals surface area contributed by atoms with Crippen LogP contribution in [-0.4, -0.2) is 38.8 Å². The van der Waals surface area contributed by atoms with Gasteiger partial charge in [0.25, 0.3) is 0 Å². The van der Waals surface area contributed by atoms with Gasteiger partial charge in [-0.05, 0) is 0 Å². The van der Waals surface area contributed by atoms with E-state index in [2.05, 4.69) is 4.74 Å². The Morgan fingerprint density at radius 2 is 1.91 bits per heavy atom. The zero-order chi connectivity index (χ0) is 16.4. The van der Waals surface area contributed by atoms with Crippen LogP contribution in [0.4, 0.5) is 0 Å². The van der Waals surface area contributed by atoms with Gasteiger partial charge in [-0.25, -0.2) is 0 Å². The van der Waals surface area contributed by atoms with Crippen molar-refractivity contribution in [3.05, 3.63) is 42.7 Å². The number of hydrogen-bond acceptors (Lipinski definition) is 4. The van der Waals surface area contributed by atoms with Crippen LogP contribution in [0.2, 0.25) is 0 Å². The van der Waals surface area contributed by atoms with Crippen molar-refractivity contribution in [1.29, 1.82) is 0 Å². The predicted octanol–water partition coefficient (Wildman–Crippen LogP) is 2.05. The van der Waals surface area contributed by atoms with Crippen molar-refractivity contribution in [2.24, 2.45) is 5.92 Å². The van der Waals surface area contributed by atoms with Crippen molar-refractivity contribution < 1.29 is 19.1 Å². The first-order valence-electron chi connectivity index (χ1n) is 7.18. The summed E-state index contributed by atoms with van der Waals surface area (Å²) in [6.45, 7) is 4.06. The molecule has 1 atom stereocenters. The molecular formula is C17H22O4Se. The van der Waals surface area contributed by atoms with E-state index < -0.39 is 5.97 Å². The third-order valence-corrected chi connectivity index (χ3v) is 4.98. The van der Waals surface area contributed by atoms with E-state index in [4.69, 9.17) is 4.74 Å². The van der Waals surface area contributed by atoms with E-state index in [-0.39, 0.29) is 31.7 Å². The molecule has 0 radical (unpaired) electrons. The molecule has 0 heterocycles. The molecule has 4 nitrogen and oxygen atoms in total. The molecule has 0 spiro atoms. The molecule has 0 bridgehead atoms. The van der Waals surface area contributed by atoms with E-state index in [9.17, 15) is 9.59 Å². The van der Waals surface area contributed by atoms with Gasteiger partial charge in [-0.15, -0.1) is 0 Å². The van der Waals surface area contributed by atoms with E-state index in [0.29, 0.717) is 12.8 Å². The summed E-state index contributed by atoms with van der Waals surface area (Å²) in [5, 5.41) is 0. The van der Waals surface area contributed by atoms with Crippen LogP contribution in [0.1, 0.15) is 26.7 Å². The Morgan fingerprint density at radius 3 is 2.50 bits per heavy atom. The SMILES string of the molecule is COC(=O)/C=C/OC(CCC(=O)[Se]c1ccccc1)C(C)C. The summed E-state index contributed by atoms with van der Waals surface area (Å²) in [5.41, 5.74) is 0. The summed E-state index contributed by atoms with van der Waals surface area (Å²) in [6, 6.07) is 9.80. The fraction of sp³-hybridized carbons (Fsp3) is 0.412. The third-order valence-electron chi connectivity index (χ3n) is 3.01. The monoisotopic (exact) mass is 370 g/mol. The molecule has 0 fully saturated rings. The molecule has 0 aromatic heterocycles. The first kappa shape index (κ1) is 18.5. The van der Waals surface area contributed by atoms with Gasteiger partial charge in [0.2, 0.25) is 0 Å². The Morgan fingerprint density at radius 1 is 1.23 bits per heavy atom. The van der Waals surface area contributed by atoms with Crippen LogP contribution in [0.15, 0.2) is 42.7 Å². The maximum atomic E-state index is 12.0. The molecular weight excluding hydrogens is 347 g/mol. The number of rotatable bonds is 9. The first-order valence-corrected chi connectivity index (χ1v) is 8.90. The van der Waals surface area contributed by atoms with Crippen molar-refractivity contribution in [3.8, 4) is 0 Å². The molecule has 0 aliphatic carbocycles. The molecule has 120 valence electrons. The molecule has 0 aliphatic rings. The molecule has 0 amide bonds. The van der Waals surface area contributed by atoms with Crippen LogP contribution in [0.25, 0.3) is 0 Å². The molecule has 0 saturated heterocycles. The topological polar surface area (TPSA) is 52.6 Å². The molecule has 1 aromatic carbocycles. The van der Waals surface area contributed by atoms with Gasteiger partial charge in [-0.3, -0.25) is 0 Å². The Labute approximate surface area is 138 Å². The first-order chi connectivity index (χ1) is 10.5. The number of hydrogen-bond donors (Lipinski definition) is 0. The summed E-state index contributed by atoms with van der Waals surface area (Å²) >= 11 is -0.148. The average Bonchev–Trinajstić information content (AvgIpc) is 2.50. The minimum atomic E-state index is -0.453. The molecule has 0 N–H and O–H groups in total. The summed E-state index contributed by atoms with van der Waals surface area (Å²) < 4.78 is 11.4. The molecule has 0 saturated carbocycles. The predicted molar refractivity (Wildman–Crippen MR) is 86.9 cm³/mol. The van der Waals surface area contributed by atoms with Crippen LogP contribution in [0, 0.1) is 5.92 Å². The summed E-state index contributed by atoms with van der Waals surface area (Å²) in [5.74, 6) is -0.190. The normalized spacial score (nSPS) is 12.4. The zero-order valence-electron chi connectivity index (χ0n) is 13.2. The second-order valence-electron chi connectivity index (χ2n) is 5.07. The van der Waals surface area contributed by atoms with Crippen molar-refractivity contribution in [1.82, 2.24) is 0 Å². The molecule has 22 heavy (non-hydrogen) atoms. The van der Waals surface area contributed by atoms with Gasteiger partial charge in [-0.2, -0.15) is 0 Å². The minimum absolute atomic E-state index is 0.0866. The van der Waals surface area contributed by atoms with Crippen LogP contribution >= 0.6 is 0 Å². The van der Waals surface area contributed by atoms with Crippen molar-refractivity contribution in [2.75, 3.05) is 7.11 Å². The number of benzene rings is 1. The standard InChI is InChI=1S/C17H22O4Se/c1-13(2)15(21-12-11-16(18)20-3)9-10-17(19)22-14-7-5-4-6-8-14/h4-8,11-13,15H,9-10H2,1-3H3/b12-11+. The molecule has 5 heteroatoms. The van der Waals surface area contributed by atoms with E-state index in [1.54, 1.807) is 0 Å². The summed E-state index contributed by atoms with van der Waals surface area (Å²) in [4.78, 5) is 23.0. The number of carbonyl (C=O) groups is 2.